The maximum atomic E-state index is 12.0. The lowest BCUT2D eigenvalue weighted by Gasteiger charge is -2.26. The lowest BCUT2D eigenvalue weighted by molar-refractivity contribution is -0.142. The minimum Gasteiger partial charge on any atom is -0.481 e. The number of rotatable bonds is 4. The van der Waals surface area contributed by atoms with Crippen LogP contribution in [0.4, 0.5) is 0 Å². The third-order valence-electron chi connectivity index (χ3n) is 3.96. The largest absolute Gasteiger partial charge is 0.481 e. The summed E-state index contributed by atoms with van der Waals surface area (Å²) >= 11 is 0. The van der Waals surface area contributed by atoms with E-state index >= 15 is 0 Å². The highest BCUT2D eigenvalue weighted by molar-refractivity contribution is 5.79. The normalized spacial score (nSPS) is 22.5. The van der Waals surface area contributed by atoms with E-state index in [1.54, 1.807) is 6.92 Å². The van der Waals surface area contributed by atoms with Crippen molar-refractivity contribution in [3.05, 3.63) is 17.0 Å². The fraction of sp³-hybridized carbons (Fsp3) is 0.643. The zero-order valence-electron chi connectivity index (χ0n) is 11.8. The van der Waals surface area contributed by atoms with Crippen LogP contribution < -0.4 is 5.32 Å². The number of hydrogen-bond donors (Lipinski definition) is 2. The van der Waals surface area contributed by atoms with E-state index in [9.17, 15) is 9.59 Å². The Morgan fingerprint density at radius 3 is 2.45 bits per heavy atom. The molecule has 1 heterocycles. The van der Waals surface area contributed by atoms with Crippen LogP contribution in [0.15, 0.2) is 4.52 Å². The summed E-state index contributed by atoms with van der Waals surface area (Å²) in [6, 6.07) is 0.0820. The second kappa shape index (κ2) is 6.07. The Morgan fingerprint density at radius 1 is 1.30 bits per heavy atom. The van der Waals surface area contributed by atoms with Gasteiger partial charge in [0.05, 0.1) is 18.0 Å². The second-order valence-corrected chi connectivity index (χ2v) is 5.43. The van der Waals surface area contributed by atoms with Gasteiger partial charge >= 0.3 is 5.97 Å². The molecule has 0 atom stereocenters. The Morgan fingerprint density at radius 2 is 1.95 bits per heavy atom. The Hall–Kier alpha value is -1.85. The monoisotopic (exact) mass is 280 g/mol. The van der Waals surface area contributed by atoms with Crippen molar-refractivity contribution in [3.63, 3.8) is 0 Å². The first-order valence-electron chi connectivity index (χ1n) is 6.91. The van der Waals surface area contributed by atoms with Gasteiger partial charge in [0.2, 0.25) is 5.91 Å². The molecule has 1 aliphatic carbocycles. The summed E-state index contributed by atoms with van der Waals surface area (Å²) in [5.41, 5.74) is 1.58. The summed E-state index contributed by atoms with van der Waals surface area (Å²) in [7, 11) is 0. The molecule has 1 amide bonds. The Bertz CT molecular complexity index is 482. The van der Waals surface area contributed by atoms with Crippen LogP contribution in [0, 0.1) is 19.8 Å². The van der Waals surface area contributed by atoms with Crippen LogP contribution in [-0.4, -0.2) is 28.2 Å². The van der Waals surface area contributed by atoms with E-state index in [-0.39, 0.29) is 24.3 Å². The highest BCUT2D eigenvalue weighted by atomic mass is 16.5. The van der Waals surface area contributed by atoms with Crippen LogP contribution in [0.25, 0.3) is 0 Å². The third-order valence-corrected chi connectivity index (χ3v) is 3.96. The number of amides is 1. The molecule has 0 aliphatic heterocycles. The molecule has 6 heteroatoms. The van der Waals surface area contributed by atoms with Gasteiger partial charge in [-0.15, -0.1) is 0 Å². The van der Waals surface area contributed by atoms with E-state index in [2.05, 4.69) is 10.5 Å². The molecule has 1 aliphatic rings. The van der Waals surface area contributed by atoms with Crippen molar-refractivity contribution < 1.29 is 19.2 Å². The first-order chi connectivity index (χ1) is 9.47. The molecule has 1 aromatic rings. The van der Waals surface area contributed by atoms with Gasteiger partial charge in [0.15, 0.2) is 0 Å². The molecule has 0 spiro atoms. The lowest BCUT2D eigenvalue weighted by Crippen LogP contribution is -2.39. The molecule has 1 aromatic heterocycles. The number of carboxylic acids is 1. The van der Waals surface area contributed by atoms with Gasteiger partial charge in [-0.1, -0.05) is 5.16 Å². The predicted molar refractivity (Wildman–Crippen MR) is 71.2 cm³/mol. The number of nitrogens with one attached hydrogen (secondary N) is 1. The molecule has 110 valence electrons. The number of carboxylic acid groups (broad SMARTS) is 1. The zero-order chi connectivity index (χ0) is 14.7. The van der Waals surface area contributed by atoms with Gasteiger partial charge in [-0.25, -0.2) is 0 Å². The van der Waals surface area contributed by atoms with Gasteiger partial charge in [0, 0.05) is 11.6 Å². The summed E-state index contributed by atoms with van der Waals surface area (Å²) < 4.78 is 5.03. The number of aryl methyl sites for hydroxylation is 2. The van der Waals surface area contributed by atoms with Crippen LogP contribution in [0.2, 0.25) is 0 Å². The summed E-state index contributed by atoms with van der Waals surface area (Å²) in [5, 5.41) is 15.7. The average molecular weight is 280 g/mol. The van der Waals surface area contributed by atoms with Gasteiger partial charge in [0.25, 0.3) is 0 Å². The SMILES string of the molecule is Cc1noc(C)c1CC(=O)NC1CCC(C(=O)O)CC1. The maximum absolute atomic E-state index is 12.0. The number of nitrogens with zero attached hydrogens (tertiary/aromatic N) is 1. The van der Waals surface area contributed by atoms with Crippen LogP contribution in [0.1, 0.15) is 42.7 Å². The van der Waals surface area contributed by atoms with Crippen molar-refractivity contribution in [2.24, 2.45) is 5.92 Å². The highest BCUT2D eigenvalue weighted by Gasteiger charge is 2.27. The number of hydrogen-bond acceptors (Lipinski definition) is 4. The number of carbonyl (C=O) groups excluding carboxylic acids is 1. The molecule has 1 fully saturated rings. The molecule has 0 bridgehead atoms. The van der Waals surface area contributed by atoms with Gasteiger partial charge < -0.3 is 14.9 Å². The molecule has 0 radical (unpaired) electrons. The molecular weight excluding hydrogens is 260 g/mol. The predicted octanol–water partition coefficient (Wildman–Crippen LogP) is 1.59. The van der Waals surface area contributed by atoms with Crippen molar-refractivity contribution in [2.45, 2.75) is 52.0 Å². The maximum Gasteiger partial charge on any atom is 0.306 e. The van der Waals surface area contributed by atoms with Crippen LogP contribution >= 0.6 is 0 Å². The standard InChI is InChI=1S/C14H20N2O4/c1-8-12(9(2)20-16-8)7-13(17)15-11-5-3-10(4-6-11)14(18)19/h10-11H,3-7H2,1-2H3,(H,15,17)(H,18,19). The van der Waals surface area contributed by atoms with Crippen LogP contribution in [0.3, 0.4) is 0 Å². The van der Waals surface area contributed by atoms with E-state index in [1.807, 2.05) is 6.92 Å². The van der Waals surface area contributed by atoms with E-state index in [0.29, 0.717) is 18.6 Å². The summed E-state index contributed by atoms with van der Waals surface area (Å²) in [6.45, 7) is 3.61. The van der Waals surface area contributed by atoms with Crippen molar-refractivity contribution in [3.8, 4) is 0 Å². The average Bonchev–Trinajstić information content (AvgIpc) is 2.71. The van der Waals surface area contributed by atoms with Crippen molar-refractivity contribution >= 4 is 11.9 Å². The van der Waals surface area contributed by atoms with Gasteiger partial charge in [-0.3, -0.25) is 9.59 Å². The van der Waals surface area contributed by atoms with Crippen molar-refractivity contribution in [1.29, 1.82) is 0 Å². The molecular formula is C14H20N2O4. The quantitative estimate of drug-likeness (QED) is 0.873. The van der Waals surface area contributed by atoms with Gasteiger partial charge in [-0.05, 0) is 39.5 Å². The smallest absolute Gasteiger partial charge is 0.306 e. The molecule has 2 N–H and O–H groups in total. The summed E-state index contributed by atoms with van der Waals surface area (Å²) in [5.74, 6) is -0.373. The molecule has 20 heavy (non-hydrogen) atoms. The van der Waals surface area contributed by atoms with Crippen molar-refractivity contribution in [1.82, 2.24) is 10.5 Å². The summed E-state index contributed by atoms with van der Waals surface area (Å²) in [4.78, 5) is 22.9. The molecule has 0 unspecified atom stereocenters. The number of aromatic nitrogens is 1. The van der Waals surface area contributed by atoms with E-state index in [4.69, 9.17) is 9.63 Å². The topological polar surface area (TPSA) is 92.4 Å². The van der Waals surface area contributed by atoms with Crippen LogP contribution in [0.5, 0.6) is 0 Å². The lowest BCUT2D eigenvalue weighted by atomic mass is 9.86. The minimum absolute atomic E-state index is 0.0572. The van der Waals surface area contributed by atoms with E-state index < -0.39 is 5.97 Å². The van der Waals surface area contributed by atoms with Crippen LogP contribution in [-0.2, 0) is 16.0 Å². The Labute approximate surface area is 117 Å². The fourth-order valence-corrected chi connectivity index (χ4v) is 2.68. The Balaban J connectivity index is 1.83. The van der Waals surface area contributed by atoms with E-state index in [1.165, 1.54) is 0 Å². The fourth-order valence-electron chi connectivity index (χ4n) is 2.68. The molecule has 6 nitrogen and oxygen atoms in total. The minimum atomic E-state index is -0.731. The third kappa shape index (κ3) is 3.37. The van der Waals surface area contributed by atoms with Crippen molar-refractivity contribution in [2.75, 3.05) is 0 Å². The van der Waals surface area contributed by atoms with E-state index in [0.717, 1.165) is 24.1 Å². The molecule has 1 saturated carbocycles. The van der Waals surface area contributed by atoms with Gasteiger partial charge in [-0.2, -0.15) is 0 Å². The highest BCUT2D eigenvalue weighted by Crippen LogP contribution is 2.24. The summed E-state index contributed by atoms with van der Waals surface area (Å²) in [6.07, 6.45) is 2.98. The first-order valence-corrected chi connectivity index (χ1v) is 6.91. The first kappa shape index (κ1) is 14.6. The number of aliphatic carboxylic acids is 1. The molecule has 2 rings (SSSR count). The molecule has 0 aromatic carbocycles. The Kier molecular flexibility index (Phi) is 4.42. The molecule has 0 saturated heterocycles. The zero-order valence-corrected chi connectivity index (χ0v) is 11.8. The second-order valence-electron chi connectivity index (χ2n) is 5.43. The van der Waals surface area contributed by atoms with Gasteiger partial charge in [0.1, 0.15) is 5.76 Å². The number of carbonyl (C=O) groups is 2.